The summed E-state index contributed by atoms with van der Waals surface area (Å²) in [6, 6.07) is 7.29. The van der Waals surface area contributed by atoms with Crippen LogP contribution in [0, 0.1) is 0 Å². The molecule has 1 aliphatic heterocycles. The van der Waals surface area contributed by atoms with Gasteiger partial charge in [0.2, 0.25) is 0 Å². The molecule has 2 N–H and O–H groups in total. The van der Waals surface area contributed by atoms with Crippen molar-refractivity contribution in [3.63, 3.8) is 0 Å². The van der Waals surface area contributed by atoms with Crippen molar-refractivity contribution in [2.24, 2.45) is 0 Å². The molecule has 2 rings (SSSR count). The first-order valence-corrected chi connectivity index (χ1v) is 4.86. The van der Waals surface area contributed by atoms with Crippen LogP contribution in [0.25, 0.3) is 0 Å². The zero-order chi connectivity index (χ0) is 10.8. The van der Waals surface area contributed by atoms with Gasteiger partial charge in [-0.15, -0.1) is 0 Å². The Kier molecular flexibility index (Phi) is 2.55. The van der Waals surface area contributed by atoms with Gasteiger partial charge >= 0.3 is 5.97 Å². The Bertz CT molecular complexity index is 419. The van der Waals surface area contributed by atoms with Gasteiger partial charge in [-0.1, -0.05) is 24.4 Å². The zero-order valence-corrected chi connectivity index (χ0v) is 8.58. The molecular weight excluding hydrogens is 214 g/mol. The van der Waals surface area contributed by atoms with Crippen LogP contribution in [-0.4, -0.2) is 22.2 Å². The maximum Gasteiger partial charge on any atom is 0.307 e. The smallest absolute Gasteiger partial charge is 0.307 e. The van der Waals surface area contributed by atoms with Crippen molar-refractivity contribution in [3.8, 4) is 5.75 Å². The summed E-state index contributed by atoms with van der Waals surface area (Å²) in [6.45, 7) is 0. The van der Waals surface area contributed by atoms with Crippen LogP contribution in [-0.2, 0) is 4.79 Å². The molecule has 0 amide bonds. The fraction of sp³-hybridized carbons (Fsp3) is 0.200. The molecule has 0 spiro atoms. The summed E-state index contributed by atoms with van der Waals surface area (Å²) >= 11 is 5.02. The molecule has 4 nitrogen and oxygen atoms in total. The molecule has 0 radical (unpaired) electrons. The molecule has 0 aliphatic carbocycles. The molecule has 5 heteroatoms. The van der Waals surface area contributed by atoms with Gasteiger partial charge in [0.1, 0.15) is 10.7 Å². The first-order chi connectivity index (χ1) is 7.16. The van der Waals surface area contributed by atoms with E-state index in [1.54, 1.807) is 6.07 Å². The van der Waals surface area contributed by atoms with E-state index in [1.165, 1.54) is 0 Å². The number of thiocarbonyl (C=S) groups is 1. The minimum Gasteiger partial charge on any atom is -0.481 e. The van der Waals surface area contributed by atoms with Gasteiger partial charge in [-0.3, -0.25) is 4.79 Å². The minimum absolute atomic E-state index is 0.125. The predicted molar refractivity (Wildman–Crippen MR) is 59.3 cm³/mol. The van der Waals surface area contributed by atoms with Crippen LogP contribution in [0.4, 0.5) is 5.69 Å². The van der Waals surface area contributed by atoms with Crippen molar-refractivity contribution in [3.05, 3.63) is 24.3 Å². The summed E-state index contributed by atoms with van der Waals surface area (Å²) in [6.07, 6.45) is -0.701. The third-order valence-electron chi connectivity index (χ3n) is 2.07. The van der Waals surface area contributed by atoms with Gasteiger partial charge in [-0.05, 0) is 12.1 Å². The van der Waals surface area contributed by atoms with Gasteiger partial charge in [-0.2, -0.15) is 0 Å². The average Bonchev–Trinajstić information content (AvgIpc) is 2.18. The maximum atomic E-state index is 10.6. The standard InChI is InChI=1S/C10H9NO3S/c12-9(13)5-8-10(15)11-6-3-1-2-4-7(6)14-8/h1-4,8H,5H2,(H,11,15)(H,12,13). The summed E-state index contributed by atoms with van der Waals surface area (Å²) in [5.41, 5.74) is 0.782. The Balaban J connectivity index is 2.22. The number of rotatable bonds is 2. The number of ether oxygens (including phenoxy) is 1. The topological polar surface area (TPSA) is 58.6 Å². The van der Waals surface area contributed by atoms with Crippen molar-refractivity contribution in [1.82, 2.24) is 0 Å². The molecule has 0 aromatic heterocycles. The molecular formula is C10H9NO3S. The van der Waals surface area contributed by atoms with Crippen molar-refractivity contribution in [1.29, 1.82) is 0 Å². The first kappa shape index (κ1) is 9.92. The van der Waals surface area contributed by atoms with E-state index < -0.39 is 12.1 Å². The fourth-order valence-electron chi connectivity index (χ4n) is 1.39. The van der Waals surface area contributed by atoms with E-state index in [9.17, 15) is 4.79 Å². The first-order valence-electron chi connectivity index (χ1n) is 4.45. The maximum absolute atomic E-state index is 10.6. The van der Waals surface area contributed by atoms with Gasteiger partial charge < -0.3 is 15.2 Å². The van der Waals surface area contributed by atoms with E-state index >= 15 is 0 Å². The van der Waals surface area contributed by atoms with E-state index in [4.69, 9.17) is 22.1 Å². The molecule has 0 bridgehead atoms. The second kappa shape index (κ2) is 3.86. The van der Waals surface area contributed by atoms with Crippen LogP contribution in [0.15, 0.2) is 24.3 Å². The van der Waals surface area contributed by atoms with Gasteiger partial charge in [0.25, 0.3) is 0 Å². The van der Waals surface area contributed by atoms with E-state index in [1.807, 2.05) is 18.2 Å². The Morgan fingerprint density at radius 1 is 1.53 bits per heavy atom. The molecule has 1 aromatic carbocycles. The highest BCUT2D eigenvalue weighted by Gasteiger charge is 2.26. The van der Waals surface area contributed by atoms with Crippen LogP contribution in [0.2, 0.25) is 0 Å². The number of carboxylic acids is 1. The van der Waals surface area contributed by atoms with Gasteiger partial charge in [0.05, 0.1) is 12.1 Å². The molecule has 1 unspecified atom stereocenters. The van der Waals surface area contributed by atoms with Crippen LogP contribution >= 0.6 is 12.2 Å². The number of aliphatic carboxylic acids is 1. The number of anilines is 1. The molecule has 78 valence electrons. The number of carbonyl (C=O) groups is 1. The number of para-hydroxylation sites is 2. The fourth-order valence-corrected chi connectivity index (χ4v) is 1.63. The lowest BCUT2D eigenvalue weighted by Crippen LogP contribution is -2.37. The molecule has 1 aromatic rings. The Labute approximate surface area is 91.9 Å². The molecule has 0 fully saturated rings. The monoisotopic (exact) mass is 223 g/mol. The number of benzene rings is 1. The molecule has 1 atom stereocenters. The number of hydrogen-bond acceptors (Lipinski definition) is 3. The number of carboxylic acid groups (broad SMARTS) is 1. The van der Waals surface area contributed by atoms with E-state index in [0.717, 1.165) is 5.69 Å². The summed E-state index contributed by atoms with van der Waals surface area (Å²) < 4.78 is 5.47. The third kappa shape index (κ3) is 2.07. The predicted octanol–water partition coefficient (Wildman–Crippen LogP) is 1.66. The quantitative estimate of drug-likeness (QED) is 0.747. The second-order valence-electron chi connectivity index (χ2n) is 3.19. The molecule has 15 heavy (non-hydrogen) atoms. The third-order valence-corrected chi connectivity index (χ3v) is 2.43. The zero-order valence-electron chi connectivity index (χ0n) is 7.77. The Hall–Kier alpha value is -1.62. The van der Waals surface area contributed by atoms with Crippen LogP contribution in [0.5, 0.6) is 5.75 Å². The largest absolute Gasteiger partial charge is 0.481 e. The van der Waals surface area contributed by atoms with Gasteiger partial charge in [0, 0.05) is 0 Å². The summed E-state index contributed by atoms with van der Waals surface area (Å²) in [7, 11) is 0. The number of nitrogens with one attached hydrogen (secondary N) is 1. The lowest BCUT2D eigenvalue weighted by atomic mass is 10.2. The molecule has 0 saturated carbocycles. The summed E-state index contributed by atoms with van der Waals surface area (Å²) in [4.78, 5) is 11.0. The number of fused-ring (bicyclic) bond motifs is 1. The van der Waals surface area contributed by atoms with E-state index in [-0.39, 0.29) is 6.42 Å². The second-order valence-corrected chi connectivity index (χ2v) is 3.63. The van der Waals surface area contributed by atoms with Crippen LogP contribution in [0.1, 0.15) is 6.42 Å². The Morgan fingerprint density at radius 3 is 3.00 bits per heavy atom. The molecule has 0 saturated heterocycles. The highest BCUT2D eigenvalue weighted by Crippen LogP contribution is 2.29. The highest BCUT2D eigenvalue weighted by atomic mass is 32.1. The average molecular weight is 223 g/mol. The highest BCUT2D eigenvalue weighted by molar-refractivity contribution is 7.80. The lowest BCUT2D eigenvalue weighted by Gasteiger charge is -2.26. The molecule has 1 heterocycles. The van der Waals surface area contributed by atoms with E-state index in [2.05, 4.69) is 5.32 Å². The van der Waals surface area contributed by atoms with Crippen LogP contribution in [0.3, 0.4) is 0 Å². The minimum atomic E-state index is -0.927. The van der Waals surface area contributed by atoms with Crippen molar-refractivity contribution in [2.75, 3.05) is 5.32 Å². The van der Waals surface area contributed by atoms with Crippen LogP contribution < -0.4 is 10.1 Å². The number of hydrogen-bond donors (Lipinski definition) is 2. The van der Waals surface area contributed by atoms with Gasteiger partial charge in [-0.25, -0.2) is 0 Å². The SMILES string of the molecule is O=C(O)CC1Oc2ccccc2NC1=S. The normalized spacial score (nSPS) is 18.7. The summed E-state index contributed by atoms with van der Waals surface area (Å²) in [5, 5.41) is 11.6. The van der Waals surface area contributed by atoms with Gasteiger partial charge in [0.15, 0.2) is 6.10 Å². The Morgan fingerprint density at radius 2 is 2.27 bits per heavy atom. The van der Waals surface area contributed by atoms with Crippen molar-refractivity contribution >= 4 is 28.9 Å². The van der Waals surface area contributed by atoms with Crippen molar-refractivity contribution < 1.29 is 14.6 Å². The summed E-state index contributed by atoms with van der Waals surface area (Å²) in [5.74, 6) is -0.291. The molecule has 1 aliphatic rings. The lowest BCUT2D eigenvalue weighted by molar-refractivity contribution is -0.138. The van der Waals surface area contributed by atoms with Crippen molar-refractivity contribution in [2.45, 2.75) is 12.5 Å². The van der Waals surface area contributed by atoms with E-state index in [0.29, 0.717) is 10.7 Å².